The molecule has 1 saturated carbocycles. The number of nitro groups is 1. The number of nitriles is 1. The zero-order chi connectivity index (χ0) is 13.1. The van der Waals surface area contributed by atoms with E-state index in [1.165, 1.54) is 18.2 Å². The molecule has 0 radical (unpaired) electrons. The maximum Gasteiger partial charge on any atom is 0.287 e. The van der Waals surface area contributed by atoms with Crippen LogP contribution in [0.2, 0.25) is 0 Å². The standard InChI is InChI=1S/C12H13N3O3/c13-6-8-3-11(4-8)18-10-1-2-12(15(16)17)9(5-10)7-14/h1-2,5,8,11H,3-4,6,13H2. The van der Waals surface area contributed by atoms with Crippen molar-refractivity contribution in [3.63, 3.8) is 0 Å². The lowest BCUT2D eigenvalue weighted by atomic mass is 9.82. The fraction of sp³-hybridized carbons (Fsp3) is 0.417. The van der Waals surface area contributed by atoms with Gasteiger partial charge in [0.2, 0.25) is 0 Å². The molecular weight excluding hydrogens is 234 g/mol. The van der Waals surface area contributed by atoms with Gasteiger partial charge >= 0.3 is 0 Å². The van der Waals surface area contributed by atoms with E-state index in [9.17, 15) is 10.1 Å². The second-order valence-electron chi connectivity index (χ2n) is 4.36. The second kappa shape index (κ2) is 5.02. The van der Waals surface area contributed by atoms with Crippen LogP contribution in [0.4, 0.5) is 5.69 Å². The Hall–Kier alpha value is -2.13. The minimum absolute atomic E-state index is 0.0206. The fourth-order valence-electron chi connectivity index (χ4n) is 1.99. The Kier molecular flexibility index (Phi) is 3.44. The Morgan fingerprint density at radius 3 is 2.83 bits per heavy atom. The number of nitrogens with two attached hydrogens (primary N) is 1. The molecule has 1 aliphatic carbocycles. The minimum Gasteiger partial charge on any atom is -0.490 e. The largest absolute Gasteiger partial charge is 0.490 e. The third-order valence-corrected chi connectivity index (χ3v) is 3.11. The van der Waals surface area contributed by atoms with Gasteiger partial charge in [0.1, 0.15) is 17.4 Å². The van der Waals surface area contributed by atoms with Crippen LogP contribution < -0.4 is 10.5 Å². The van der Waals surface area contributed by atoms with E-state index in [1.807, 2.05) is 0 Å². The maximum absolute atomic E-state index is 10.7. The van der Waals surface area contributed by atoms with Crippen LogP contribution in [0.1, 0.15) is 18.4 Å². The number of hydrogen-bond acceptors (Lipinski definition) is 5. The second-order valence-corrected chi connectivity index (χ2v) is 4.36. The van der Waals surface area contributed by atoms with Crippen LogP contribution in [-0.2, 0) is 0 Å². The lowest BCUT2D eigenvalue weighted by Crippen LogP contribution is -2.37. The monoisotopic (exact) mass is 247 g/mol. The van der Waals surface area contributed by atoms with Crippen LogP contribution in [0.3, 0.4) is 0 Å². The summed E-state index contributed by atoms with van der Waals surface area (Å²) >= 11 is 0. The maximum atomic E-state index is 10.7. The van der Waals surface area contributed by atoms with Gasteiger partial charge in [0.15, 0.2) is 0 Å². The predicted molar refractivity (Wildman–Crippen MR) is 64.0 cm³/mol. The molecule has 18 heavy (non-hydrogen) atoms. The summed E-state index contributed by atoms with van der Waals surface area (Å²) in [5.74, 6) is 1.00. The van der Waals surface area contributed by atoms with Crippen molar-refractivity contribution >= 4 is 5.69 Å². The first-order valence-corrected chi connectivity index (χ1v) is 5.69. The van der Waals surface area contributed by atoms with Crippen molar-refractivity contribution < 1.29 is 9.66 Å². The van der Waals surface area contributed by atoms with E-state index in [0.717, 1.165) is 12.8 Å². The van der Waals surface area contributed by atoms with Crippen LogP contribution in [0.15, 0.2) is 18.2 Å². The molecule has 0 unspecified atom stereocenters. The van der Waals surface area contributed by atoms with Crippen LogP contribution in [-0.4, -0.2) is 17.6 Å². The molecule has 0 amide bonds. The number of ether oxygens (including phenoxy) is 1. The Balaban J connectivity index is 2.07. The van der Waals surface area contributed by atoms with Crippen molar-refractivity contribution in [3.8, 4) is 11.8 Å². The summed E-state index contributed by atoms with van der Waals surface area (Å²) in [7, 11) is 0. The fourth-order valence-corrected chi connectivity index (χ4v) is 1.99. The molecule has 1 aromatic rings. The molecule has 94 valence electrons. The minimum atomic E-state index is -0.573. The molecule has 1 aromatic carbocycles. The van der Waals surface area contributed by atoms with Gasteiger partial charge in [-0.05, 0) is 31.4 Å². The summed E-state index contributed by atoms with van der Waals surface area (Å²) < 4.78 is 5.63. The molecule has 1 aliphatic rings. The zero-order valence-electron chi connectivity index (χ0n) is 9.70. The van der Waals surface area contributed by atoms with Crippen LogP contribution in [0.5, 0.6) is 5.75 Å². The molecule has 0 heterocycles. The van der Waals surface area contributed by atoms with E-state index < -0.39 is 4.92 Å². The molecule has 0 bridgehead atoms. The summed E-state index contributed by atoms with van der Waals surface area (Å²) in [5, 5.41) is 19.5. The van der Waals surface area contributed by atoms with E-state index in [4.69, 9.17) is 15.7 Å². The third-order valence-electron chi connectivity index (χ3n) is 3.11. The molecule has 1 fully saturated rings. The number of benzene rings is 1. The highest BCUT2D eigenvalue weighted by molar-refractivity contribution is 5.52. The first kappa shape index (κ1) is 12.3. The van der Waals surface area contributed by atoms with Gasteiger partial charge in [0.25, 0.3) is 5.69 Å². The highest BCUT2D eigenvalue weighted by Gasteiger charge is 2.29. The molecule has 0 aliphatic heterocycles. The topological polar surface area (TPSA) is 102 Å². The van der Waals surface area contributed by atoms with Gasteiger partial charge in [-0.3, -0.25) is 10.1 Å². The summed E-state index contributed by atoms with van der Waals surface area (Å²) in [6.07, 6.45) is 1.90. The van der Waals surface area contributed by atoms with E-state index in [2.05, 4.69) is 0 Å². The van der Waals surface area contributed by atoms with E-state index in [-0.39, 0.29) is 17.4 Å². The molecule has 6 heteroatoms. The van der Waals surface area contributed by atoms with Crippen molar-refractivity contribution in [1.29, 1.82) is 5.26 Å². The summed E-state index contributed by atoms with van der Waals surface area (Å²) in [6, 6.07) is 6.04. The smallest absolute Gasteiger partial charge is 0.287 e. The van der Waals surface area contributed by atoms with Gasteiger partial charge in [-0.1, -0.05) is 0 Å². The number of nitrogens with zero attached hydrogens (tertiary/aromatic N) is 2. The molecule has 6 nitrogen and oxygen atoms in total. The SMILES string of the molecule is N#Cc1cc(OC2CC(CN)C2)ccc1[N+](=O)[O-]. The van der Waals surface area contributed by atoms with Crippen molar-refractivity contribution in [2.45, 2.75) is 18.9 Å². The van der Waals surface area contributed by atoms with Gasteiger partial charge in [-0.2, -0.15) is 5.26 Å². The zero-order valence-corrected chi connectivity index (χ0v) is 9.70. The van der Waals surface area contributed by atoms with Crippen LogP contribution >= 0.6 is 0 Å². The predicted octanol–water partition coefficient (Wildman–Crippen LogP) is 1.58. The average Bonchev–Trinajstić information content (AvgIpc) is 2.32. The first-order valence-electron chi connectivity index (χ1n) is 5.69. The molecule has 0 spiro atoms. The van der Waals surface area contributed by atoms with Gasteiger partial charge in [-0.15, -0.1) is 0 Å². The Morgan fingerprint density at radius 1 is 1.56 bits per heavy atom. The number of hydrogen-bond donors (Lipinski definition) is 1. The molecule has 2 rings (SSSR count). The Morgan fingerprint density at radius 2 is 2.28 bits per heavy atom. The van der Waals surface area contributed by atoms with E-state index in [0.29, 0.717) is 18.2 Å². The van der Waals surface area contributed by atoms with Gasteiger partial charge in [0.05, 0.1) is 11.0 Å². The quantitative estimate of drug-likeness (QED) is 0.642. The van der Waals surface area contributed by atoms with Crippen LogP contribution in [0.25, 0.3) is 0 Å². The Bertz CT molecular complexity index is 504. The van der Waals surface area contributed by atoms with Crippen molar-refractivity contribution in [2.24, 2.45) is 11.7 Å². The van der Waals surface area contributed by atoms with E-state index in [1.54, 1.807) is 6.07 Å². The lowest BCUT2D eigenvalue weighted by Gasteiger charge is -2.34. The highest BCUT2D eigenvalue weighted by atomic mass is 16.6. The van der Waals surface area contributed by atoms with Crippen molar-refractivity contribution in [2.75, 3.05) is 6.54 Å². The van der Waals surface area contributed by atoms with Gasteiger partial charge in [0, 0.05) is 12.1 Å². The summed E-state index contributed by atoms with van der Waals surface area (Å²) in [6.45, 7) is 0.656. The van der Waals surface area contributed by atoms with E-state index >= 15 is 0 Å². The van der Waals surface area contributed by atoms with Crippen molar-refractivity contribution in [3.05, 3.63) is 33.9 Å². The highest BCUT2D eigenvalue weighted by Crippen LogP contribution is 2.32. The molecule has 0 atom stereocenters. The molecule has 0 aromatic heterocycles. The van der Waals surface area contributed by atoms with Crippen LogP contribution in [0, 0.1) is 27.4 Å². The average molecular weight is 247 g/mol. The van der Waals surface area contributed by atoms with Gasteiger partial charge in [-0.25, -0.2) is 0 Å². The normalized spacial score (nSPS) is 21.8. The summed E-state index contributed by atoms with van der Waals surface area (Å²) in [4.78, 5) is 10.1. The van der Waals surface area contributed by atoms with Crippen molar-refractivity contribution in [1.82, 2.24) is 0 Å². The molecular formula is C12H13N3O3. The number of rotatable bonds is 4. The molecule has 2 N–H and O–H groups in total. The number of nitro benzene ring substituents is 1. The molecule has 0 saturated heterocycles. The van der Waals surface area contributed by atoms with Gasteiger partial charge < -0.3 is 10.5 Å². The third kappa shape index (κ3) is 2.41. The lowest BCUT2D eigenvalue weighted by molar-refractivity contribution is -0.385. The Labute approximate surface area is 104 Å². The first-order chi connectivity index (χ1) is 8.63. The summed E-state index contributed by atoms with van der Waals surface area (Å²) in [5.41, 5.74) is 5.34.